The average Bonchev–Trinajstić information content (AvgIpc) is 3.41. The summed E-state index contributed by atoms with van der Waals surface area (Å²) in [7, 11) is 1.85. The Morgan fingerprint density at radius 2 is 1.97 bits per heavy atom. The van der Waals surface area contributed by atoms with Crippen LogP contribution in [0.2, 0.25) is 0 Å². The molecule has 2 saturated heterocycles. The molecular weight excluding hydrogens is 384 g/mol. The zero-order valence-electron chi connectivity index (χ0n) is 16.6. The molecule has 29 heavy (non-hydrogen) atoms. The Bertz CT molecular complexity index is 1080. The summed E-state index contributed by atoms with van der Waals surface area (Å²) in [6.07, 6.45) is 1.85. The highest BCUT2D eigenvalue weighted by Gasteiger charge is 2.51. The number of hydrogen-bond donors (Lipinski definition) is 1. The normalized spacial score (nSPS) is 25.1. The molecule has 2 aromatic heterocycles. The summed E-state index contributed by atoms with van der Waals surface area (Å²) >= 11 is 1.69. The molecule has 2 aliphatic heterocycles. The van der Waals surface area contributed by atoms with Crippen molar-refractivity contribution in [3.05, 3.63) is 62.8 Å². The van der Waals surface area contributed by atoms with Gasteiger partial charge in [-0.1, -0.05) is 18.2 Å². The number of fused-ring (bicyclic) bond motifs is 2. The summed E-state index contributed by atoms with van der Waals surface area (Å²) in [5.41, 5.74) is 1.77. The lowest BCUT2D eigenvalue weighted by molar-refractivity contribution is 0.110. The maximum Gasteiger partial charge on any atom is 0.255 e. The third kappa shape index (κ3) is 3.32. The van der Waals surface area contributed by atoms with Gasteiger partial charge in [-0.15, -0.1) is 11.3 Å². The second-order valence-corrected chi connectivity index (χ2v) is 9.55. The molecule has 152 valence electrons. The number of pyridine rings is 1. The van der Waals surface area contributed by atoms with Crippen LogP contribution in [0.1, 0.15) is 10.6 Å². The van der Waals surface area contributed by atoms with E-state index >= 15 is 0 Å². The fraction of sp³-hybridized carbons (Fsp3) is 0.455. The minimum absolute atomic E-state index is 0.0733. The van der Waals surface area contributed by atoms with Crippen LogP contribution >= 0.6 is 11.3 Å². The molecule has 2 unspecified atom stereocenters. The molecule has 4 heterocycles. The molecular formula is C22H26N4O2S. The summed E-state index contributed by atoms with van der Waals surface area (Å²) in [5, 5.41) is 14.5. The summed E-state index contributed by atoms with van der Waals surface area (Å²) < 4.78 is 1.75. The Morgan fingerprint density at radius 1 is 1.21 bits per heavy atom. The molecule has 0 bridgehead atoms. The van der Waals surface area contributed by atoms with Gasteiger partial charge in [-0.05, 0) is 23.4 Å². The Kier molecular flexibility index (Phi) is 4.78. The minimum Gasteiger partial charge on any atom is -0.396 e. The van der Waals surface area contributed by atoms with Gasteiger partial charge in [0, 0.05) is 62.3 Å². The fourth-order valence-electron chi connectivity index (χ4n) is 5.23. The van der Waals surface area contributed by atoms with Gasteiger partial charge in [-0.2, -0.15) is 0 Å². The van der Waals surface area contributed by atoms with E-state index in [1.54, 1.807) is 15.9 Å². The van der Waals surface area contributed by atoms with Crippen LogP contribution in [0.3, 0.4) is 0 Å². The van der Waals surface area contributed by atoms with E-state index in [1.807, 2.05) is 42.9 Å². The quantitative estimate of drug-likeness (QED) is 0.696. The van der Waals surface area contributed by atoms with Crippen molar-refractivity contribution in [2.24, 2.45) is 18.4 Å². The van der Waals surface area contributed by atoms with Crippen LogP contribution in [0.4, 0.5) is 0 Å². The Morgan fingerprint density at radius 3 is 2.66 bits per heavy atom. The van der Waals surface area contributed by atoms with Crippen molar-refractivity contribution in [2.45, 2.75) is 13.1 Å². The number of nitrogens with zero attached hydrogens (tertiary/aromatic N) is 4. The summed E-state index contributed by atoms with van der Waals surface area (Å²) in [6, 6.07) is 10.0. The zero-order valence-corrected chi connectivity index (χ0v) is 17.4. The van der Waals surface area contributed by atoms with Gasteiger partial charge in [-0.25, -0.2) is 4.98 Å². The van der Waals surface area contributed by atoms with Crippen LogP contribution in [0.25, 0.3) is 10.9 Å². The number of hydrogen-bond acceptors (Lipinski definition) is 6. The monoisotopic (exact) mass is 410 g/mol. The average molecular weight is 411 g/mol. The molecule has 1 N–H and O–H groups in total. The second-order valence-electron chi connectivity index (χ2n) is 8.58. The molecule has 0 spiro atoms. The first-order valence-electron chi connectivity index (χ1n) is 10.1. The highest BCUT2D eigenvalue weighted by atomic mass is 32.1. The molecule has 6 nitrogen and oxygen atoms in total. The van der Waals surface area contributed by atoms with E-state index in [0.29, 0.717) is 12.5 Å². The molecule has 2 aliphatic rings. The number of rotatable bonds is 5. The molecule has 2 fully saturated rings. The molecule has 0 amide bonds. The number of thiazole rings is 1. The van der Waals surface area contributed by atoms with Crippen LogP contribution in [0.5, 0.6) is 0 Å². The Balaban J connectivity index is 1.33. The number of aliphatic hydroxyl groups excluding tert-OH is 1. The van der Waals surface area contributed by atoms with Crippen molar-refractivity contribution in [2.75, 3.05) is 32.8 Å². The summed E-state index contributed by atoms with van der Waals surface area (Å²) in [6.45, 7) is 5.32. The smallest absolute Gasteiger partial charge is 0.255 e. The Hall–Kier alpha value is -2.06. The number of benzene rings is 1. The highest BCUT2D eigenvalue weighted by Crippen LogP contribution is 2.43. The van der Waals surface area contributed by atoms with E-state index < -0.39 is 0 Å². The van der Waals surface area contributed by atoms with Gasteiger partial charge >= 0.3 is 0 Å². The number of aromatic nitrogens is 2. The van der Waals surface area contributed by atoms with Crippen LogP contribution in [-0.4, -0.2) is 57.2 Å². The number of aliphatic hydroxyl groups is 1. The van der Waals surface area contributed by atoms with E-state index in [9.17, 15) is 9.90 Å². The lowest BCUT2D eigenvalue weighted by Crippen LogP contribution is -2.37. The predicted molar refractivity (Wildman–Crippen MR) is 115 cm³/mol. The van der Waals surface area contributed by atoms with Gasteiger partial charge in [0.25, 0.3) is 5.56 Å². The summed E-state index contributed by atoms with van der Waals surface area (Å²) in [5.74, 6) is 0.428. The zero-order chi connectivity index (χ0) is 20.0. The van der Waals surface area contributed by atoms with Gasteiger partial charge in [0.15, 0.2) is 0 Å². The van der Waals surface area contributed by atoms with Crippen molar-refractivity contribution in [3.8, 4) is 0 Å². The highest BCUT2D eigenvalue weighted by molar-refractivity contribution is 7.09. The minimum atomic E-state index is -0.0979. The van der Waals surface area contributed by atoms with Gasteiger partial charge in [0.05, 0.1) is 18.7 Å². The second kappa shape index (κ2) is 7.32. The predicted octanol–water partition coefficient (Wildman–Crippen LogP) is 1.92. The lowest BCUT2D eigenvalue weighted by atomic mass is 9.82. The number of para-hydroxylation sites is 1. The van der Waals surface area contributed by atoms with Crippen molar-refractivity contribution in [3.63, 3.8) is 0 Å². The van der Waals surface area contributed by atoms with E-state index in [4.69, 9.17) is 0 Å². The molecule has 5 rings (SSSR count). The van der Waals surface area contributed by atoms with E-state index in [1.165, 1.54) is 0 Å². The van der Waals surface area contributed by atoms with Gasteiger partial charge in [0.1, 0.15) is 5.01 Å². The van der Waals surface area contributed by atoms with Gasteiger partial charge in [-0.3, -0.25) is 14.6 Å². The van der Waals surface area contributed by atoms with E-state index in [0.717, 1.165) is 54.2 Å². The van der Waals surface area contributed by atoms with Crippen LogP contribution in [0.15, 0.2) is 46.7 Å². The molecule has 7 heteroatoms. The van der Waals surface area contributed by atoms with Crippen LogP contribution in [0, 0.1) is 11.3 Å². The van der Waals surface area contributed by atoms with Crippen molar-refractivity contribution >= 4 is 22.2 Å². The van der Waals surface area contributed by atoms with E-state index in [2.05, 4.69) is 20.9 Å². The first-order valence-corrected chi connectivity index (χ1v) is 11.0. The Labute approximate surface area is 174 Å². The van der Waals surface area contributed by atoms with Gasteiger partial charge < -0.3 is 9.67 Å². The molecule has 1 aromatic carbocycles. The fourth-order valence-corrected chi connectivity index (χ4v) is 5.89. The topological polar surface area (TPSA) is 61.6 Å². The standard InChI is InChI=1S/C22H26N4O2S/c1-24-19-5-3-2-4-16(19)8-17(21(24)28)9-25-10-18-11-26(12-20-23-6-7-29-20)14-22(18,13-25)15-27/h2-8,18,27H,9-15H2,1H3. The maximum absolute atomic E-state index is 12.9. The number of likely N-dealkylation sites (tertiary alicyclic amines) is 2. The third-order valence-electron chi connectivity index (χ3n) is 6.66. The molecule has 0 saturated carbocycles. The van der Waals surface area contributed by atoms with Gasteiger partial charge in [0.2, 0.25) is 0 Å². The number of aryl methyl sites for hydroxylation is 1. The van der Waals surface area contributed by atoms with Crippen LogP contribution < -0.4 is 5.56 Å². The largest absolute Gasteiger partial charge is 0.396 e. The third-order valence-corrected chi connectivity index (χ3v) is 7.42. The summed E-state index contributed by atoms with van der Waals surface area (Å²) in [4.78, 5) is 22.0. The lowest BCUT2D eigenvalue weighted by Gasteiger charge is -2.27. The SMILES string of the molecule is Cn1c(=O)c(CN2CC3CN(Cc4nccs4)CC3(CO)C2)cc2ccccc21. The van der Waals surface area contributed by atoms with E-state index in [-0.39, 0.29) is 17.6 Å². The molecule has 0 radical (unpaired) electrons. The van der Waals surface area contributed by atoms with Crippen molar-refractivity contribution in [1.82, 2.24) is 19.4 Å². The first kappa shape index (κ1) is 18.9. The van der Waals surface area contributed by atoms with Crippen LogP contribution in [-0.2, 0) is 20.1 Å². The molecule has 2 atom stereocenters. The first-order chi connectivity index (χ1) is 14.1. The van der Waals surface area contributed by atoms with Crippen molar-refractivity contribution < 1.29 is 5.11 Å². The molecule has 3 aromatic rings. The van der Waals surface area contributed by atoms with Crippen molar-refractivity contribution in [1.29, 1.82) is 0 Å². The maximum atomic E-state index is 12.9. The molecule has 0 aliphatic carbocycles.